The van der Waals surface area contributed by atoms with Crippen LogP contribution >= 0.6 is 0 Å². The lowest BCUT2D eigenvalue weighted by Gasteiger charge is -2.64. The SMILES string of the molecule is CON([C@H]1CC[C@@]2(C)[C@H](CC[C@@H]3[C@@H]2CC[C@]2(C)[C@@H](C4=CC(=O)OC4)CC[C@]32O)C1)[C@@H]1OCC(N=[N+]=[N-])[C@H](O)[C@H]1O. The highest BCUT2D eigenvalue weighted by Gasteiger charge is 2.68. The number of fused-ring (bicyclic) bond motifs is 5. The molecule has 0 bridgehead atoms. The molecule has 0 spiro atoms. The van der Waals surface area contributed by atoms with Crippen LogP contribution in [0.25, 0.3) is 10.4 Å². The number of hydrogen-bond acceptors (Lipinski definition) is 9. The van der Waals surface area contributed by atoms with Crippen LogP contribution in [0.3, 0.4) is 0 Å². The molecule has 0 aromatic heterocycles. The molecule has 0 amide bonds. The predicted octanol–water partition coefficient (Wildman–Crippen LogP) is 3.23. The summed E-state index contributed by atoms with van der Waals surface area (Å²) < 4.78 is 11.1. The van der Waals surface area contributed by atoms with Crippen molar-refractivity contribution in [1.29, 1.82) is 0 Å². The summed E-state index contributed by atoms with van der Waals surface area (Å²) in [5.74, 6) is 1.05. The van der Waals surface area contributed by atoms with Crippen molar-refractivity contribution >= 4 is 5.97 Å². The lowest BCUT2D eigenvalue weighted by atomic mass is 9.43. The molecule has 6 rings (SSSR count). The van der Waals surface area contributed by atoms with E-state index in [4.69, 9.17) is 19.8 Å². The van der Waals surface area contributed by atoms with Gasteiger partial charge in [0, 0.05) is 22.4 Å². The van der Waals surface area contributed by atoms with E-state index < -0.39 is 30.1 Å². The molecular formula is C29H44N4O7. The molecule has 2 aliphatic heterocycles. The Labute approximate surface area is 235 Å². The summed E-state index contributed by atoms with van der Waals surface area (Å²) in [4.78, 5) is 20.4. The first-order valence-electron chi connectivity index (χ1n) is 15.0. The normalized spacial score (nSPS) is 50.3. The minimum absolute atomic E-state index is 0.0139. The lowest BCUT2D eigenvalue weighted by molar-refractivity contribution is -0.316. The number of azide groups is 1. The maximum absolute atomic E-state index is 12.4. The van der Waals surface area contributed by atoms with Crippen LogP contribution in [0.1, 0.15) is 71.6 Å². The molecule has 4 aliphatic carbocycles. The van der Waals surface area contributed by atoms with E-state index in [0.29, 0.717) is 18.4 Å². The maximum atomic E-state index is 12.4. The van der Waals surface area contributed by atoms with Crippen LogP contribution in [-0.2, 0) is 19.1 Å². The second-order valence-electron chi connectivity index (χ2n) is 13.7. The molecule has 12 atom stereocenters. The van der Waals surface area contributed by atoms with Gasteiger partial charge in [0.15, 0.2) is 6.23 Å². The number of hydrogen-bond donors (Lipinski definition) is 3. The summed E-state index contributed by atoms with van der Waals surface area (Å²) in [6.07, 6.45) is 6.77. The van der Waals surface area contributed by atoms with Gasteiger partial charge in [0.05, 0.1) is 31.5 Å². The molecule has 11 heteroatoms. The Bertz CT molecular complexity index is 1100. The molecule has 6 aliphatic rings. The van der Waals surface area contributed by atoms with Gasteiger partial charge in [-0.1, -0.05) is 19.0 Å². The van der Waals surface area contributed by atoms with Crippen LogP contribution in [0.15, 0.2) is 16.8 Å². The summed E-state index contributed by atoms with van der Waals surface area (Å²) in [5.41, 5.74) is 8.92. The summed E-state index contributed by atoms with van der Waals surface area (Å²) in [7, 11) is 1.57. The number of rotatable bonds is 5. The maximum Gasteiger partial charge on any atom is 0.331 e. The second kappa shape index (κ2) is 10.2. The van der Waals surface area contributed by atoms with Crippen LogP contribution in [0.2, 0.25) is 0 Å². The molecule has 3 N–H and O–H groups in total. The number of hydroxylamine groups is 2. The van der Waals surface area contributed by atoms with E-state index in [0.717, 1.165) is 63.4 Å². The minimum atomic E-state index is -1.26. The fourth-order valence-corrected chi connectivity index (χ4v) is 10.3. The monoisotopic (exact) mass is 560 g/mol. The Kier molecular flexibility index (Phi) is 7.26. The summed E-state index contributed by atoms with van der Waals surface area (Å²) in [5, 5.41) is 39.1. The number of esters is 1. The third-order valence-electron chi connectivity index (χ3n) is 12.5. The Morgan fingerprint density at radius 2 is 1.90 bits per heavy atom. The number of aliphatic hydroxyl groups is 3. The van der Waals surface area contributed by atoms with Gasteiger partial charge in [-0.25, -0.2) is 4.79 Å². The first-order valence-corrected chi connectivity index (χ1v) is 15.0. The average molecular weight is 561 g/mol. The van der Waals surface area contributed by atoms with Gasteiger partial charge in [0.2, 0.25) is 0 Å². The highest BCUT2D eigenvalue weighted by atomic mass is 16.7. The van der Waals surface area contributed by atoms with Crippen LogP contribution < -0.4 is 0 Å². The van der Waals surface area contributed by atoms with Crippen LogP contribution in [0, 0.1) is 34.5 Å². The fourth-order valence-electron chi connectivity index (χ4n) is 10.3. The molecular weight excluding hydrogens is 516 g/mol. The van der Waals surface area contributed by atoms with Gasteiger partial charge in [-0.2, -0.15) is 5.06 Å². The molecule has 0 radical (unpaired) electrons. The Morgan fingerprint density at radius 1 is 1.10 bits per heavy atom. The van der Waals surface area contributed by atoms with Gasteiger partial charge in [0.25, 0.3) is 0 Å². The third-order valence-corrected chi connectivity index (χ3v) is 12.5. The minimum Gasteiger partial charge on any atom is -0.458 e. The Balaban J connectivity index is 1.18. The van der Waals surface area contributed by atoms with E-state index in [1.165, 1.54) is 0 Å². The number of aliphatic hydroxyl groups excluding tert-OH is 2. The smallest absolute Gasteiger partial charge is 0.331 e. The van der Waals surface area contributed by atoms with Crippen molar-refractivity contribution in [2.24, 2.45) is 39.6 Å². The third kappa shape index (κ3) is 4.07. The van der Waals surface area contributed by atoms with Crippen LogP contribution in [-0.4, -0.2) is 82.8 Å². The molecule has 40 heavy (non-hydrogen) atoms. The standard InChI is InChI=1S/C29H44N4O7/c1-27-9-6-18(33(38-3)26-25(36)24(35)22(15-40-26)31-32-30)13-17(27)4-5-21-20(27)7-10-28(2)19(8-11-29(21,28)37)16-12-23(34)39-14-16/h12,17-22,24-26,35-37H,4-11,13-15H2,1-3H3/t17-,18+,19-,20+,21-,22?,24+,25-,26-,27+,28-,29+/m1/s1. The molecule has 1 unspecified atom stereocenters. The molecule has 0 aromatic rings. The Hall–Kier alpha value is -1.72. The zero-order valence-corrected chi connectivity index (χ0v) is 23.8. The van der Waals surface area contributed by atoms with Gasteiger partial charge in [0.1, 0.15) is 12.7 Å². The molecule has 11 nitrogen and oxygen atoms in total. The topological polar surface area (TPSA) is 157 Å². The van der Waals surface area contributed by atoms with E-state index in [9.17, 15) is 20.1 Å². The van der Waals surface area contributed by atoms with Gasteiger partial charge >= 0.3 is 5.97 Å². The number of carbonyl (C=O) groups excluding carboxylic acids is 1. The highest BCUT2D eigenvalue weighted by Crippen LogP contribution is 2.70. The van der Waals surface area contributed by atoms with Gasteiger partial charge in [-0.3, -0.25) is 4.84 Å². The van der Waals surface area contributed by atoms with Crippen molar-refractivity contribution in [3.63, 3.8) is 0 Å². The van der Waals surface area contributed by atoms with E-state index in [-0.39, 0.29) is 41.3 Å². The lowest BCUT2D eigenvalue weighted by Crippen LogP contribution is -2.64. The largest absolute Gasteiger partial charge is 0.458 e. The molecule has 2 heterocycles. The zero-order valence-electron chi connectivity index (χ0n) is 23.8. The molecule has 1 saturated heterocycles. The molecule has 0 aromatic carbocycles. The van der Waals surface area contributed by atoms with Crippen molar-refractivity contribution < 1.29 is 34.4 Å². The quantitative estimate of drug-likeness (QED) is 0.152. The van der Waals surface area contributed by atoms with Crippen molar-refractivity contribution in [2.45, 2.75) is 108 Å². The Morgan fingerprint density at radius 3 is 2.60 bits per heavy atom. The number of ether oxygens (including phenoxy) is 2. The molecule has 222 valence electrons. The van der Waals surface area contributed by atoms with Gasteiger partial charge in [-0.15, -0.1) is 0 Å². The van der Waals surface area contributed by atoms with E-state index in [2.05, 4.69) is 23.9 Å². The first-order chi connectivity index (χ1) is 19.1. The van der Waals surface area contributed by atoms with E-state index in [1.54, 1.807) is 18.2 Å². The molecule has 4 saturated carbocycles. The average Bonchev–Trinajstić information content (AvgIpc) is 3.48. The van der Waals surface area contributed by atoms with E-state index in [1.807, 2.05) is 0 Å². The van der Waals surface area contributed by atoms with Crippen molar-refractivity contribution in [2.75, 3.05) is 20.3 Å². The number of nitrogens with zero attached hydrogens (tertiary/aromatic N) is 4. The van der Waals surface area contributed by atoms with Crippen molar-refractivity contribution in [3.05, 3.63) is 22.1 Å². The second-order valence-corrected chi connectivity index (χ2v) is 13.7. The zero-order chi connectivity index (χ0) is 28.4. The summed E-state index contributed by atoms with van der Waals surface area (Å²) >= 11 is 0. The highest BCUT2D eigenvalue weighted by molar-refractivity contribution is 5.85. The summed E-state index contributed by atoms with van der Waals surface area (Å²) in [6.45, 7) is 5.05. The van der Waals surface area contributed by atoms with Crippen molar-refractivity contribution in [3.8, 4) is 0 Å². The van der Waals surface area contributed by atoms with Gasteiger partial charge < -0.3 is 24.8 Å². The van der Waals surface area contributed by atoms with Crippen LogP contribution in [0.5, 0.6) is 0 Å². The number of cyclic esters (lactones) is 1. The van der Waals surface area contributed by atoms with Crippen LogP contribution in [0.4, 0.5) is 0 Å². The number of carbonyl (C=O) groups is 1. The summed E-state index contributed by atoms with van der Waals surface area (Å²) in [6, 6.07) is -0.821. The van der Waals surface area contributed by atoms with E-state index >= 15 is 0 Å². The van der Waals surface area contributed by atoms with Gasteiger partial charge in [-0.05, 0) is 98.0 Å². The molecule has 5 fully saturated rings. The van der Waals surface area contributed by atoms with Crippen molar-refractivity contribution in [1.82, 2.24) is 5.06 Å². The first kappa shape index (κ1) is 28.4. The predicted molar refractivity (Wildman–Crippen MR) is 143 cm³/mol. The fraction of sp³-hybridized carbons (Fsp3) is 0.897.